The number of benzene rings is 2. The third-order valence-corrected chi connectivity index (χ3v) is 4.21. The minimum absolute atomic E-state index is 0.551. The summed E-state index contributed by atoms with van der Waals surface area (Å²) >= 11 is 9.55. The smallest absolute Gasteiger partial charge is 0.126 e. The molecule has 4 heteroatoms. The van der Waals surface area contributed by atoms with Crippen molar-refractivity contribution in [2.24, 2.45) is 0 Å². The Labute approximate surface area is 123 Å². The van der Waals surface area contributed by atoms with E-state index in [9.17, 15) is 5.26 Å². The van der Waals surface area contributed by atoms with Gasteiger partial charge in [0.25, 0.3) is 0 Å². The summed E-state index contributed by atoms with van der Waals surface area (Å²) in [4.78, 5) is 3.13. The molecule has 2 aromatic carbocycles. The van der Waals surface area contributed by atoms with Crippen molar-refractivity contribution >= 4 is 38.4 Å². The van der Waals surface area contributed by atoms with Gasteiger partial charge in [-0.2, -0.15) is 5.26 Å². The quantitative estimate of drug-likeness (QED) is 0.660. The lowest BCUT2D eigenvalue weighted by molar-refractivity contribution is 1.37. The van der Waals surface area contributed by atoms with Gasteiger partial charge in [-0.3, -0.25) is 0 Å². The first-order valence-electron chi connectivity index (χ1n) is 5.67. The monoisotopic (exact) mass is 330 g/mol. The van der Waals surface area contributed by atoms with E-state index in [0.717, 1.165) is 26.5 Å². The van der Waals surface area contributed by atoms with Crippen molar-refractivity contribution in [1.82, 2.24) is 4.98 Å². The van der Waals surface area contributed by atoms with Crippen molar-refractivity contribution in [3.05, 3.63) is 57.7 Å². The number of nitriles is 1. The van der Waals surface area contributed by atoms with Crippen LogP contribution in [0.15, 0.2) is 46.9 Å². The first-order valence-corrected chi connectivity index (χ1v) is 6.84. The lowest BCUT2D eigenvalue weighted by Crippen LogP contribution is -1.80. The molecular weight excluding hydrogens is 324 g/mol. The van der Waals surface area contributed by atoms with Crippen molar-refractivity contribution in [3.8, 4) is 17.2 Å². The number of aromatic amines is 1. The van der Waals surface area contributed by atoms with Crippen LogP contribution < -0.4 is 0 Å². The van der Waals surface area contributed by atoms with E-state index >= 15 is 0 Å². The van der Waals surface area contributed by atoms with Gasteiger partial charge in [-0.05, 0) is 33.6 Å². The van der Waals surface area contributed by atoms with Crippen LogP contribution in [0.25, 0.3) is 22.0 Å². The molecule has 0 fully saturated rings. The van der Waals surface area contributed by atoms with Gasteiger partial charge in [0.1, 0.15) is 11.8 Å². The van der Waals surface area contributed by atoms with Crippen LogP contribution in [0.3, 0.4) is 0 Å². The first kappa shape index (κ1) is 12.3. The van der Waals surface area contributed by atoms with Crippen molar-refractivity contribution < 1.29 is 0 Å². The molecule has 0 amide bonds. The predicted octanol–water partition coefficient (Wildman–Crippen LogP) is 5.12. The Morgan fingerprint density at radius 3 is 2.58 bits per heavy atom. The minimum Gasteiger partial charge on any atom is -0.346 e. The highest BCUT2D eigenvalue weighted by molar-refractivity contribution is 9.10. The van der Waals surface area contributed by atoms with Gasteiger partial charge < -0.3 is 4.98 Å². The number of H-pyrrole nitrogens is 1. The van der Waals surface area contributed by atoms with E-state index in [-0.39, 0.29) is 0 Å². The Kier molecular flexibility index (Phi) is 3.06. The molecule has 1 N–H and O–H groups in total. The Morgan fingerprint density at radius 1 is 1.16 bits per heavy atom. The maximum atomic E-state index is 9.29. The summed E-state index contributed by atoms with van der Waals surface area (Å²) in [5.74, 6) is 0. The van der Waals surface area contributed by atoms with Gasteiger partial charge in [-0.1, -0.05) is 41.9 Å². The van der Waals surface area contributed by atoms with Crippen molar-refractivity contribution in [2.45, 2.75) is 0 Å². The summed E-state index contributed by atoms with van der Waals surface area (Å²) in [6.45, 7) is 0. The number of halogens is 2. The highest BCUT2D eigenvalue weighted by Gasteiger charge is 2.14. The van der Waals surface area contributed by atoms with Crippen LogP contribution in [0.5, 0.6) is 0 Å². The zero-order valence-corrected chi connectivity index (χ0v) is 12.1. The normalized spacial score (nSPS) is 10.6. The van der Waals surface area contributed by atoms with Gasteiger partial charge in [0, 0.05) is 20.9 Å². The third kappa shape index (κ3) is 2.03. The van der Waals surface area contributed by atoms with Crippen molar-refractivity contribution in [3.63, 3.8) is 0 Å². The standard InChI is InChI=1S/C15H8BrClN2/c16-11-7-13-10(6-12(11)17)15(14(8-18)19-13)9-4-2-1-3-5-9/h1-7,19H. The second-order valence-electron chi connectivity index (χ2n) is 4.16. The molecule has 0 spiro atoms. The third-order valence-electron chi connectivity index (χ3n) is 3.01. The van der Waals surface area contributed by atoms with Gasteiger partial charge in [0.05, 0.1) is 5.02 Å². The highest BCUT2D eigenvalue weighted by Crippen LogP contribution is 2.36. The fourth-order valence-corrected chi connectivity index (χ4v) is 2.68. The Morgan fingerprint density at radius 2 is 1.89 bits per heavy atom. The van der Waals surface area contributed by atoms with E-state index in [0.29, 0.717) is 10.7 Å². The molecule has 1 heterocycles. The number of hydrogen-bond donors (Lipinski definition) is 1. The van der Waals surface area contributed by atoms with E-state index in [1.165, 1.54) is 0 Å². The number of fused-ring (bicyclic) bond motifs is 1. The van der Waals surface area contributed by atoms with Crippen LogP contribution in [-0.4, -0.2) is 4.98 Å². The fourth-order valence-electron chi connectivity index (χ4n) is 2.18. The molecule has 3 aromatic rings. The molecule has 0 bridgehead atoms. The molecule has 3 rings (SSSR count). The molecule has 0 aliphatic carbocycles. The summed E-state index contributed by atoms with van der Waals surface area (Å²) in [5, 5.41) is 10.9. The summed E-state index contributed by atoms with van der Waals surface area (Å²) in [7, 11) is 0. The molecule has 0 radical (unpaired) electrons. The van der Waals surface area contributed by atoms with E-state index in [1.807, 2.05) is 42.5 Å². The minimum atomic E-state index is 0.551. The Balaban J connectivity index is 2.40. The van der Waals surface area contributed by atoms with Gasteiger partial charge in [0.15, 0.2) is 0 Å². The summed E-state index contributed by atoms with van der Waals surface area (Å²) in [6.07, 6.45) is 0. The lowest BCUT2D eigenvalue weighted by atomic mass is 10.0. The molecule has 0 atom stereocenters. The van der Waals surface area contributed by atoms with E-state index < -0.39 is 0 Å². The van der Waals surface area contributed by atoms with Crippen LogP contribution in [-0.2, 0) is 0 Å². The number of nitrogens with zero attached hydrogens (tertiary/aromatic N) is 1. The molecule has 0 saturated heterocycles. The average molecular weight is 332 g/mol. The number of aromatic nitrogens is 1. The number of hydrogen-bond acceptors (Lipinski definition) is 1. The molecule has 0 unspecified atom stereocenters. The molecular formula is C15H8BrClN2. The zero-order valence-electron chi connectivity index (χ0n) is 9.74. The SMILES string of the molecule is N#Cc1[nH]c2cc(Br)c(Cl)cc2c1-c1ccccc1. The van der Waals surface area contributed by atoms with E-state index in [2.05, 4.69) is 27.0 Å². The van der Waals surface area contributed by atoms with E-state index in [1.54, 1.807) is 0 Å². The average Bonchev–Trinajstić information content (AvgIpc) is 2.78. The van der Waals surface area contributed by atoms with Gasteiger partial charge >= 0.3 is 0 Å². The Bertz CT molecular complexity index is 800. The van der Waals surface area contributed by atoms with Gasteiger partial charge in [0.2, 0.25) is 0 Å². The summed E-state index contributed by atoms with van der Waals surface area (Å²) < 4.78 is 0.812. The molecule has 0 aliphatic rings. The van der Waals surface area contributed by atoms with Crippen molar-refractivity contribution in [2.75, 3.05) is 0 Å². The number of rotatable bonds is 1. The van der Waals surface area contributed by atoms with Gasteiger partial charge in [-0.25, -0.2) is 0 Å². The summed E-state index contributed by atoms with van der Waals surface area (Å²) in [6, 6.07) is 15.8. The van der Waals surface area contributed by atoms with Crippen LogP contribution in [0.4, 0.5) is 0 Å². The van der Waals surface area contributed by atoms with Gasteiger partial charge in [-0.15, -0.1) is 0 Å². The highest BCUT2D eigenvalue weighted by atomic mass is 79.9. The maximum Gasteiger partial charge on any atom is 0.126 e. The first-order chi connectivity index (χ1) is 9.20. The molecule has 0 aliphatic heterocycles. The zero-order chi connectivity index (χ0) is 13.4. The maximum absolute atomic E-state index is 9.29. The fraction of sp³-hybridized carbons (Fsp3) is 0. The molecule has 1 aromatic heterocycles. The second-order valence-corrected chi connectivity index (χ2v) is 5.43. The topological polar surface area (TPSA) is 39.6 Å². The van der Waals surface area contributed by atoms with Crippen molar-refractivity contribution in [1.29, 1.82) is 5.26 Å². The van der Waals surface area contributed by atoms with E-state index in [4.69, 9.17) is 11.6 Å². The second kappa shape index (κ2) is 4.73. The van der Waals surface area contributed by atoms with Crippen LogP contribution in [0, 0.1) is 11.3 Å². The lowest BCUT2D eigenvalue weighted by Gasteiger charge is -2.01. The Hall–Kier alpha value is -1.76. The number of nitrogens with one attached hydrogen (secondary N) is 1. The molecule has 2 nitrogen and oxygen atoms in total. The molecule has 0 saturated carbocycles. The van der Waals surface area contributed by atoms with Crippen LogP contribution in [0.2, 0.25) is 5.02 Å². The van der Waals surface area contributed by atoms with Crippen LogP contribution in [0.1, 0.15) is 5.69 Å². The largest absolute Gasteiger partial charge is 0.346 e. The predicted molar refractivity (Wildman–Crippen MR) is 81.2 cm³/mol. The van der Waals surface area contributed by atoms with Crippen LogP contribution >= 0.6 is 27.5 Å². The molecule has 19 heavy (non-hydrogen) atoms. The summed E-state index contributed by atoms with van der Waals surface area (Å²) in [5.41, 5.74) is 3.35. The molecule has 92 valence electrons.